The lowest BCUT2D eigenvalue weighted by Crippen LogP contribution is -2.30. The Kier molecular flexibility index (Phi) is 5.26. The van der Waals surface area contributed by atoms with E-state index in [1.165, 1.54) is 6.07 Å². The molecule has 0 spiro atoms. The molecule has 1 aliphatic heterocycles. The summed E-state index contributed by atoms with van der Waals surface area (Å²) in [4.78, 5) is 11.5. The second kappa shape index (κ2) is 8.49. The van der Waals surface area contributed by atoms with Crippen LogP contribution in [0.4, 0.5) is 17.1 Å². The predicted octanol–water partition coefficient (Wildman–Crippen LogP) is 6.38. The largest absolute Gasteiger partial charge is 0.377 e. The Morgan fingerprint density at radius 1 is 0.917 bits per heavy atom. The maximum Gasteiger partial charge on any atom is 0.274 e. The molecule has 0 radical (unpaired) electrons. The van der Waals surface area contributed by atoms with Crippen molar-refractivity contribution in [3.05, 3.63) is 118 Å². The van der Waals surface area contributed by atoms with E-state index in [1.54, 1.807) is 36.4 Å². The zero-order chi connectivity index (χ0) is 24.9. The summed E-state index contributed by atoms with van der Waals surface area (Å²) in [5.41, 5.74) is 2.92. The van der Waals surface area contributed by atoms with Crippen LogP contribution in [0.5, 0.6) is 0 Å². The zero-order valence-corrected chi connectivity index (χ0v) is 20.0. The van der Waals surface area contributed by atoms with Crippen molar-refractivity contribution in [2.24, 2.45) is 5.92 Å². The van der Waals surface area contributed by atoms with E-state index in [1.807, 2.05) is 42.5 Å². The SMILES string of the molecule is O=[N+]([O-])c1ccccc1[C@H]1Nc2ccc(S(=O)(=O)Nc3cccc4ccccc34)cc2[C@H]2C=CC[C@H]21. The quantitative estimate of drug-likeness (QED) is 0.189. The maximum atomic E-state index is 13.4. The van der Waals surface area contributed by atoms with Crippen molar-refractivity contribution in [3.8, 4) is 0 Å². The number of hydrogen-bond donors (Lipinski definition) is 2. The minimum absolute atomic E-state index is 0.0428. The molecule has 0 aromatic heterocycles. The van der Waals surface area contributed by atoms with Gasteiger partial charge in [0.1, 0.15) is 0 Å². The lowest BCUT2D eigenvalue weighted by Gasteiger charge is -2.37. The van der Waals surface area contributed by atoms with Crippen molar-refractivity contribution in [1.82, 2.24) is 0 Å². The lowest BCUT2D eigenvalue weighted by atomic mass is 9.76. The number of fused-ring (bicyclic) bond motifs is 4. The highest BCUT2D eigenvalue weighted by Crippen LogP contribution is 2.51. The molecule has 180 valence electrons. The summed E-state index contributed by atoms with van der Waals surface area (Å²) in [5, 5.41) is 16.9. The summed E-state index contributed by atoms with van der Waals surface area (Å²) < 4.78 is 29.6. The molecule has 2 aliphatic rings. The van der Waals surface area contributed by atoms with Gasteiger partial charge in [-0.15, -0.1) is 0 Å². The fourth-order valence-corrected chi connectivity index (χ4v) is 6.60. The van der Waals surface area contributed by atoms with Gasteiger partial charge in [-0.05, 0) is 47.6 Å². The second-order valence-electron chi connectivity index (χ2n) is 9.17. The van der Waals surface area contributed by atoms with E-state index in [-0.39, 0.29) is 33.4 Å². The van der Waals surface area contributed by atoms with Gasteiger partial charge in [-0.25, -0.2) is 8.42 Å². The monoisotopic (exact) mass is 497 g/mol. The van der Waals surface area contributed by atoms with Gasteiger partial charge in [0.25, 0.3) is 15.7 Å². The molecular weight excluding hydrogens is 474 g/mol. The Morgan fingerprint density at radius 3 is 2.56 bits per heavy atom. The van der Waals surface area contributed by atoms with E-state index in [9.17, 15) is 18.5 Å². The molecule has 1 aliphatic carbocycles. The number of para-hydroxylation sites is 1. The third-order valence-corrected chi connectivity index (χ3v) is 8.51. The van der Waals surface area contributed by atoms with E-state index in [0.717, 1.165) is 28.4 Å². The lowest BCUT2D eigenvalue weighted by molar-refractivity contribution is -0.385. The molecule has 0 unspecified atom stereocenters. The third kappa shape index (κ3) is 3.70. The molecule has 7 nitrogen and oxygen atoms in total. The Morgan fingerprint density at radius 2 is 1.69 bits per heavy atom. The topological polar surface area (TPSA) is 101 Å². The van der Waals surface area contributed by atoms with Crippen molar-refractivity contribution in [2.45, 2.75) is 23.3 Å². The molecule has 36 heavy (non-hydrogen) atoms. The van der Waals surface area contributed by atoms with E-state index in [4.69, 9.17) is 0 Å². The maximum absolute atomic E-state index is 13.4. The van der Waals surface area contributed by atoms with Crippen molar-refractivity contribution in [1.29, 1.82) is 0 Å². The van der Waals surface area contributed by atoms with Crippen molar-refractivity contribution in [2.75, 3.05) is 10.0 Å². The molecule has 0 saturated carbocycles. The van der Waals surface area contributed by atoms with Crippen LogP contribution in [-0.2, 0) is 10.0 Å². The van der Waals surface area contributed by atoms with Gasteiger partial charge in [0.15, 0.2) is 0 Å². The first-order valence-corrected chi connectivity index (χ1v) is 13.2. The number of hydrogen-bond acceptors (Lipinski definition) is 5. The minimum atomic E-state index is -3.84. The molecule has 3 atom stereocenters. The van der Waals surface area contributed by atoms with Crippen LogP contribution in [0.1, 0.15) is 29.5 Å². The molecule has 0 fully saturated rings. The van der Waals surface area contributed by atoms with Gasteiger partial charge >= 0.3 is 0 Å². The molecule has 0 saturated heterocycles. The fourth-order valence-electron chi connectivity index (χ4n) is 5.48. The van der Waals surface area contributed by atoms with E-state index >= 15 is 0 Å². The first kappa shape index (κ1) is 22.3. The standard InChI is InChI=1S/C28H23N3O4S/c32-31(33)27-14-4-3-10-23(27)28-22-12-6-11-21(22)24-17-19(15-16-25(24)29-28)36(34,35)30-26-13-5-8-18-7-1-2-9-20(18)26/h1-11,13-17,21-22,28-30H,12H2/t21-,22+,28-/m0/s1. The summed E-state index contributed by atoms with van der Waals surface area (Å²) >= 11 is 0. The Hall–Kier alpha value is -4.17. The normalized spacial score (nSPS) is 20.4. The number of nitrogens with zero attached hydrogens (tertiary/aromatic N) is 1. The molecule has 0 bridgehead atoms. The molecule has 1 heterocycles. The number of rotatable bonds is 5. The highest BCUT2D eigenvalue weighted by atomic mass is 32.2. The average molecular weight is 498 g/mol. The van der Waals surface area contributed by atoms with Crippen LogP contribution in [-0.4, -0.2) is 13.3 Å². The van der Waals surface area contributed by atoms with Gasteiger partial charge in [-0.2, -0.15) is 0 Å². The fraction of sp³-hybridized carbons (Fsp3) is 0.143. The first-order valence-electron chi connectivity index (χ1n) is 11.7. The molecule has 6 rings (SSSR count). The highest BCUT2D eigenvalue weighted by molar-refractivity contribution is 7.92. The van der Waals surface area contributed by atoms with Gasteiger partial charge in [0.05, 0.1) is 27.1 Å². The smallest absolute Gasteiger partial charge is 0.274 e. The number of sulfonamides is 1. The summed E-state index contributed by atoms with van der Waals surface area (Å²) in [5.74, 6) is 0.00125. The average Bonchev–Trinajstić information content (AvgIpc) is 3.38. The van der Waals surface area contributed by atoms with Crippen LogP contribution in [0.3, 0.4) is 0 Å². The Balaban J connectivity index is 1.37. The van der Waals surface area contributed by atoms with Crippen LogP contribution in [0, 0.1) is 16.0 Å². The second-order valence-corrected chi connectivity index (χ2v) is 10.9. The highest BCUT2D eigenvalue weighted by Gasteiger charge is 2.40. The van der Waals surface area contributed by atoms with Crippen molar-refractivity contribution >= 4 is 37.9 Å². The first-order chi connectivity index (χ1) is 17.4. The Labute approximate surface area is 208 Å². The number of nitro benzene ring substituents is 1. The van der Waals surface area contributed by atoms with Gasteiger partial charge in [0.2, 0.25) is 0 Å². The van der Waals surface area contributed by atoms with Crippen LogP contribution in [0.25, 0.3) is 10.8 Å². The van der Waals surface area contributed by atoms with Gasteiger partial charge in [-0.3, -0.25) is 14.8 Å². The van der Waals surface area contributed by atoms with Gasteiger partial charge in [0, 0.05) is 23.1 Å². The van der Waals surface area contributed by atoms with Crippen LogP contribution < -0.4 is 10.0 Å². The van der Waals surface area contributed by atoms with Crippen molar-refractivity contribution < 1.29 is 13.3 Å². The van der Waals surface area contributed by atoms with Crippen LogP contribution >= 0.6 is 0 Å². The number of nitrogens with one attached hydrogen (secondary N) is 2. The number of nitro groups is 1. The molecule has 8 heteroatoms. The predicted molar refractivity (Wildman–Crippen MR) is 141 cm³/mol. The number of anilines is 2. The van der Waals surface area contributed by atoms with Crippen LogP contribution in [0.2, 0.25) is 0 Å². The molecular formula is C28H23N3O4S. The van der Waals surface area contributed by atoms with Gasteiger partial charge < -0.3 is 5.32 Å². The molecule has 4 aromatic rings. The van der Waals surface area contributed by atoms with E-state index in [0.29, 0.717) is 11.3 Å². The zero-order valence-electron chi connectivity index (χ0n) is 19.2. The summed E-state index contributed by atoms with van der Waals surface area (Å²) in [6.45, 7) is 0. The summed E-state index contributed by atoms with van der Waals surface area (Å²) in [7, 11) is -3.84. The molecule has 2 N–H and O–H groups in total. The Bertz CT molecular complexity index is 1640. The summed E-state index contributed by atoms with van der Waals surface area (Å²) in [6.07, 6.45) is 4.91. The minimum Gasteiger partial charge on any atom is -0.377 e. The number of allylic oxidation sites excluding steroid dienone is 2. The number of benzene rings is 4. The van der Waals surface area contributed by atoms with E-state index < -0.39 is 10.0 Å². The van der Waals surface area contributed by atoms with Crippen molar-refractivity contribution in [3.63, 3.8) is 0 Å². The van der Waals surface area contributed by atoms with E-state index in [2.05, 4.69) is 22.2 Å². The summed E-state index contributed by atoms with van der Waals surface area (Å²) in [6, 6.07) is 24.8. The van der Waals surface area contributed by atoms with Crippen LogP contribution in [0.15, 0.2) is 102 Å². The molecule has 0 amide bonds. The third-order valence-electron chi connectivity index (χ3n) is 7.15. The van der Waals surface area contributed by atoms with Gasteiger partial charge in [-0.1, -0.05) is 66.7 Å². The molecule has 4 aromatic carbocycles.